The molecule has 0 radical (unpaired) electrons. The number of ether oxygens (including phenoxy) is 2. The monoisotopic (exact) mass is 338 g/mol. The Morgan fingerprint density at radius 2 is 1.75 bits per heavy atom. The normalized spacial score (nSPS) is 9.88. The van der Waals surface area contributed by atoms with Crippen molar-refractivity contribution in [3.05, 3.63) is 35.4 Å². The summed E-state index contributed by atoms with van der Waals surface area (Å²) in [6, 6.07) is 3.13. The molecule has 0 saturated heterocycles. The molecule has 2 rings (SSSR count). The van der Waals surface area contributed by atoms with Gasteiger partial charge in [0.05, 0.1) is 25.5 Å². The highest BCUT2D eigenvalue weighted by Crippen LogP contribution is 2.06. The van der Waals surface area contributed by atoms with Gasteiger partial charge in [-0.3, -0.25) is 9.36 Å². The molecule has 2 heterocycles. The Labute approximate surface area is 139 Å². The zero-order valence-corrected chi connectivity index (χ0v) is 14.2. The minimum absolute atomic E-state index is 0.0286. The van der Waals surface area contributed by atoms with Gasteiger partial charge >= 0.3 is 11.9 Å². The van der Waals surface area contributed by atoms with Crippen molar-refractivity contribution >= 4 is 11.9 Å². The average Bonchev–Trinajstić information content (AvgIpc) is 3.14. The fourth-order valence-corrected chi connectivity index (χ4v) is 1.72. The number of aliphatic hydroxyl groups is 1. The lowest BCUT2D eigenvalue weighted by atomic mass is 10.3. The molecule has 0 fully saturated rings. The van der Waals surface area contributed by atoms with Crippen molar-refractivity contribution in [3.63, 3.8) is 0 Å². The topological polar surface area (TPSA) is 108 Å². The summed E-state index contributed by atoms with van der Waals surface area (Å²) in [6.45, 7) is 3.98. The van der Waals surface area contributed by atoms with Gasteiger partial charge in [-0.25, -0.2) is 9.59 Å². The predicted molar refractivity (Wildman–Crippen MR) is 84.3 cm³/mol. The summed E-state index contributed by atoms with van der Waals surface area (Å²) in [5.74, 6) is -1.05. The molecular weight excluding hydrogens is 316 g/mol. The minimum Gasteiger partial charge on any atom is -0.461 e. The summed E-state index contributed by atoms with van der Waals surface area (Å²) >= 11 is 0. The van der Waals surface area contributed by atoms with Crippen molar-refractivity contribution < 1.29 is 24.2 Å². The van der Waals surface area contributed by atoms with Crippen LogP contribution in [0.1, 0.15) is 40.5 Å². The summed E-state index contributed by atoms with van der Waals surface area (Å²) in [5, 5.41) is 16.2. The molecule has 2 aromatic heterocycles. The number of rotatable bonds is 5. The van der Waals surface area contributed by atoms with Crippen LogP contribution in [0.3, 0.4) is 0 Å². The van der Waals surface area contributed by atoms with Crippen molar-refractivity contribution in [2.45, 2.75) is 20.5 Å². The molecule has 2 aromatic rings. The Morgan fingerprint density at radius 1 is 1.12 bits per heavy atom. The van der Waals surface area contributed by atoms with E-state index in [0.717, 1.165) is 0 Å². The number of aliphatic hydroxyl groups excluding tert-OH is 1. The molecule has 0 spiro atoms. The van der Waals surface area contributed by atoms with Gasteiger partial charge in [0.2, 0.25) is 0 Å². The number of hydrogen-bond acceptors (Lipinski definition) is 7. The van der Waals surface area contributed by atoms with E-state index in [1.54, 1.807) is 37.8 Å². The summed E-state index contributed by atoms with van der Waals surface area (Å²) in [6.07, 6.45) is 1.80. The van der Waals surface area contributed by atoms with Crippen molar-refractivity contribution in [1.29, 1.82) is 0 Å². The van der Waals surface area contributed by atoms with Crippen LogP contribution in [0.25, 0.3) is 0 Å². The van der Waals surface area contributed by atoms with Crippen LogP contribution in [0.5, 0.6) is 0 Å². The average molecular weight is 338 g/mol. The van der Waals surface area contributed by atoms with Gasteiger partial charge in [0.25, 0.3) is 0 Å². The maximum atomic E-state index is 11.4. The van der Waals surface area contributed by atoms with Crippen LogP contribution < -0.4 is 0 Å². The number of esters is 2. The van der Waals surface area contributed by atoms with E-state index >= 15 is 0 Å². The van der Waals surface area contributed by atoms with Gasteiger partial charge in [-0.05, 0) is 19.9 Å². The lowest BCUT2D eigenvalue weighted by Crippen LogP contribution is -2.10. The highest BCUT2D eigenvalue weighted by Gasteiger charge is 2.18. The van der Waals surface area contributed by atoms with E-state index in [9.17, 15) is 9.59 Å². The Bertz CT molecular complexity index is 677. The highest BCUT2D eigenvalue weighted by atomic mass is 16.5. The number of aromatic nitrogens is 4. The van der Waals surface area contributed by atoms with E-state index in [4.69, 9.17) is 14.6 Å². The van der Waals surface area contributed by atoms with Crippen LogP contribution in [-0.2, 0) is 30.2 Å². The second kappa shape index (κ2) is 9.46. The Hall–Kier alpha value is -2.68. The van der Waals surface area contributed by atoms with E-state index in [1.165, 1.54) is 10.7 Å². The Morgan fingerprint density at radius 3 is 2.21 bits per heavy atom. The first-order valence-electron chi connectivity index (χ1n) is 7.40. The Kier molecular flexibility index (Phi) is 7.63. The molecule has 0 aliphatic carbocycles. The van der Waals surface area contributed by atoms with Gasteiger partial charge in [-0.1, -0.05) is 0 Å². The van der Waals surface area contributed by atoms with Crippen LogP contribution in [0.4, 0.5) is 0 Å². The third-order valence-corrected chi connectivity index (χ3v) is 2.78. The number of nitrogens with zero attached hydrogens (tertiary/aromatic N) is 4. The molecular formula is C15H22N4O5. The summed E-state index contributed by atoms with van der Waals surface area (Å²) in [7, 11) is 3.38. The van der Waals surface area contributed by atoms with Crippen LogP contribution in [0.15, 0.2) is 18.3 Å². The van der Waals surface area contributed by atoms with E-state index in [1.807, 2.05) is 7.05 Å². The number of carbonyl (C=O) groups excluding carboxylic acids is 2. The fourth-order valence-electron chi connectivity index (χ4n) is 1.72. The van der Waals surface area contributed by atoms with Crippen molar-refractivity contribution in [2.24, 2.45) is 14.1 Å². The third kappa shape index (κ3) is 5.51. The van der Waals surface area contributed by atoms with Crippen LogP contribution >= 0.6 is 0 Å². The zero-order chi connectivity index (χ0) is 18.1. The molecule has 9 heteroatoms. The first kappa shape index (κ1) is 19.4. The van der Waals surface area contributed by atoms with Crippen LogP contribution in [0, 0.1) is 0 Å². The standard InChI is InChI=1S/C10H14N2O4.C5H8N2O/c1-4-15-9(13)7-6-8(12(3)11-7)10(14)16-5-2;1-7-3-2-5(4-8)6-7/h6H,4-5H2,1-3H3;2-3,8H,4H2,1H3. The number of aryl methyl sites for hydroxylation is 2. The summed E-state index contributed by atoms with van der Waals surface area (Å²) in [4.78, 5) is 22.8. The molecule has 0 bridgehead atoms. The quantitative estimate of drug-likeness (QED) is 0.799. The maximum Gasteiger partial charge on any atom is 0.358 e. The molecule has 1 N–H and O–H groups in total. The fraction of sp³-hybridized carbons (Fsp3) is 0.467. The first-order valence-corrected chi connectivity index (χ1v) is 7.40. The van der Waals surface area contributed by atoms with Crippen molar-refractivity contribution in [1.82, 2.24) is 19.6 Å². The van der Waals surface area contributed by atoms with Crippen molar-refractivity contribution in [2.75, 3.05) is 13.2 Å². The summed E-state index contributed by atoms with van der Waals surface area (Å²) in [5.41, 5.74) is 1.05. The largest absolute Gasteiger partial charge is 0.461 e. The third-order valence-electron chi connectivity index (χ3n) is 2.78. The molecule has 0 atom stereocenters. The first-order chi connectivity index (χ1) is 11.4. The molecule has 0 aromatic carbocycles. The second-order valence-electron chi connectivity index (χ2n) is 4.62. The SMILES string of the molecule is CCOC(=O)c1cc(C(=O)OCC)n(C)n1.Cn1ccc(CO)n1. The molecule has 0 aliphatic heterocycles. The lowest BCUT2D eigenvalue weighted by molar-refractivity contribution is 0.0507. The van der Waals surface area contributed by atoms with E-state index in [0.29, 0.717) is 5.69 Å². The van der Waals surface area contributed by atoms with Crippen LogP contribution in [0.2, 0.25) is 0 Å². The molecule has 132 valence electrons. The molecule has 0 amide bonds. The van der Waals surface area contributed by atoms with E-state index < -0.39 is 11.9 Å². The second-order valence-corrected chi connectivity index (χ2v) is 4.62. The number of hydrogen-bond donors (Lipinski definition) is 1. The van der Waals surface area contributed by atoms with Gasteiger partial charge in [0.15, 0.2) is 5.69 Å². The highest BCUT2D eigenvalue weighted by molar-refractivity contribution is 5.93. The van der Waals surface area contributed by atoms with Gasteiger partial charge < -0.3 is 14.6 Å². The molecule has 0 aliphatic rings. The molecule has 9 nitrogen and oxygen atoms in total. The lowest BCUT2D eigenvalue weighted by Gasteiger charge is -1.99. The molecule has 0 saturated carbocycles. The summed E-state index contributed by atoms with van der Waals surface area (Å²) < 4.78 is 12.5. The van der Waals surface area contributed by atoms with Crippen LogP contribution in [-0.4, -0.2) is 49.8 Å². The minimum atomic E-state index is -0.548. The molecule has 0 unspecified atom stereocenters. The number of carbonyl (C=O) groups is 2. The van der Waals surface area contributed by atoms with Gasteiger partial charge in [0, 0.05) is 26.4 Å². The van der Waals surface area contributed by atoms with Gasteiger partial charge in [-0.15, -0.1) is 0 Å². The Balaban J connectivity index is 0.000000300. The van der Waals surface area contributed by atoms with Gasteiger partial charge in [0.1, 0.15) is 5.69 Å². The predicted octanol–water partition coefficient (Wildman–Crippen LogP) is 0.686. The smallest absolute Gasteiger partial charge is 0.358 e. The van der Waals surface area contributed by atoms with Gasteiger partial charge in [-0.2, -0.15) is 10.2 Å². The van der Waals surface area contributed by atoms with E-state index in [2.05, 4.69) is 10.2 Å². The zero-order valence-electron chi connectivity index (χ0n) is 14.2. The van der Waals surface area contributed by atoms with E-state index in [-0.39, 0.29) is 31.2 Å². The maximum absolute atomic E-state index is 11.4. The van der Waals surface area contributed by atoms with Crippen molar-refractivity contribution in [3.8, 4) is 0 Å². The molecule has 24 heavy (non-hydrogen) atoms.